The van der Waals surface area contributed by atoms with Crippen molar-refractivity contribution in [3.8, 4) is 5.75 Å². The number of rotatable bonds is 2. The number of carbonyl (C=O) groups is 1. The van der Waals surface area contributed by atoms with Crippen molar-refractivity contribution in [1.82, 2.24) is 4.90 Å². The van der Waals surface area contributed by atoms with Gasteiger partial charge in [-0.1, -0.05) is 18.9 Å². The average molecular weight is 266 g/mol. The molecule has 0 saturated carbocycles. The van der Waals surface area contributed by atoms with E-state index in [1.54, 1.807) is 4.90 Å². The number of aromatic hydroxyl groups is 1. The molecular weight excluding hydrogens is 247 g/mol. The first-order valence-corrected chi connectivity index (χ1v) is 6.63. The van der Waals surface area contributed by atoms with Gasteiger partial charge in [0.15, 0.2) is 0 Å². The molecule has 0 aliphatic carbocycles. The molecule has 1 aliphatic heterocycles. The Morgan fingerprint density at radius 3 is 2.89 bits per heavy atom. The van der Waals surface area contributed by atoms with Crippen LogP contribution >= 0.6 is 0 Å². The molecule has 0 spiro atoms. The number of phenolic OH excluding ortho intramolecular Hbond substituents is 1. The summed E-state index contributed by atoms with van der Waals surface area (Å²) in [4.78, 5) is 14.0. The Hall–Kier alpha value is -1.62. The van der Waals surface area contributed by atoms with Crippen LogP contribution in [-0.2, 0) is 0 Å². The smallest absolute Gasteiger partial charge is 0.260 e. The van der Waals surface area contributed by atoms with Crippen LogP contribution in [0.2, 0.25) is 0 Å². The van der Waals surface area contributed by atoms with Gasteiger partial charge in [0.05, 0.1) is 0 Å². The van der Waals surface area contributed by atoms with Gasteiger partial charge in [0.1, 0.15) is 17.1 Å². The molecule has 0 bridgehead atoms. The third-order valence-corrected chi connectivity index (χ3v) is 3.62. The molecule has 1 atom stereocenters. The summed E-state index contributed by atoms with van der Waals surface area (Å²) in [5.41, 5.74) is 5.46. The van der Waals surface area contributed by atoms with E-state index in [2.05, 4.69) is 0 Å². The largest absolute Gasteiger partial charge is 0.507 e. The quantitative estimate of drug-likeness (QED) is 0.858. The molecule has 1 aliphatic rings. The van der Waals surface area contributed by atoms with Gasteiger partial charge in [-0.2, -0.15) is 0 Å². The van der Waals surface area contributed by atoms with Crippen molar-refractivity contribution in [2.75, 3.05) is 13.1 Å². The lowest BCUT2D eigenvalue weighted by atomic mass is 10.1. The molecular formula is C14H19FN2O2. The van der Waals surface area contributed by atoms with E-state index in [0.717, 1.165) is 25.7 Å². The highest BCUT2D eigenvalue weighted by Crippen LogP contribution is 2.25. The van der Waals surface area contributed by atoms with Gasteiger partial charge in [-0.25, -0.2) is 4.39 Å². The van der Waals surface area contributed by atoms with E-state index in [0.29, 0.717) is 13.1 Å². The Labute approximate surface area is 112 Å². The number of carbonyl (C=O) groups excluding carboxylic acids is 1. The molecule has 1 aromatic carbocycles. The number of phenols is 1. The maximum atomic E-state index is 13.7. The molecule has 104 valence electrons. The molecule has 1 aromatic rings. The first-order valence-electron chi connectivity index (χ1n) is 6.63. The summed E-state index contributed by atoms with van der Waals surface area (Å²) in [6.45, 7) is 0.926. The molecule has 2 rings (SSSR count). The monoisotopic (exact) mass is 266 g/mol. The van der Waals surface area contributed by atoms with E-state index < -0.39 is 11.7 Å². The minimum Gasteiger partial charge on any atom is -0.507 e. The summed E-state index contributed by atoms with van der Waals surface area (Å²) in [6, 6.07) is 3.81. The summed E-state index contributed by atoms with van der Waals surface area (Å²) in [6.07, 6.45) is 3.79. The van der Waals surface area contributed by atoms with Gasteiger partial charge in [0.2, 0.25) is 0 Å². The van der Waals surface area contributed by atoms with E-state index in [4.69, 9.17) is 5.73 Å². The predicted molar refractivity (Wildman–Crippen MR) is 70.4 cm³/mol. The molecule has 3 N–H and O–H groups in total. The van der Waals surface area contributed by atoms with Crippen molar-refractivity contribution < 1.29 is 14.3 Å². The minimum atomic E-state index is -0.690. The average Bonchev–Trinajstić information content (AvgIpc) is 2.63. The zero-order valence-electron chi connectivity index (χ0n) is 10.8. The van der Waals surface area contributed by atoms with Crippen LogP contribution in [0.25, 0.3) is 0 Å². The van der Waals surface area contributed by atoms with Gasteiger partial charge in [-0.05, 0) is 25.0 Å². The van der Waals surface area contributed by atoms with Crippen molar-refractivity contribution >= 4 is 5.91 Å². The van der Waals surface area contributed by atoms with E-state index in [1.807, 2.05) is 0 Å². The Kier molecular flexibility index (Phi) is 4.37. The van der Waals surface area contributed by atoms with Crippen molar-refractivity contribution in [2.24, 2.45) is 5.73 Å². The van der Waals surface area contributed by atoms with E-state index >= 15 is 0 Å². The van der Waals surface area contributed by atoms with Crippen molar-refractivity contribution in [3.63, 3.8) is 0 Å². The summed E-state index contributed by atoms with van der Waals surface area (Å²) < 4.78 is 13.7. The third-order valence-electron chi connectivity index (χ3n) is 3.62. The zero-order chi connectivity index (χ0) is 13.8. The Bertz CT molecular complexity index is 445. The van der Waals surface area contributed by atoms with Crippen LogP contribution in [0, 0.1) is 5.82 Å². The first kappa shape index (κ1) is 13.8. The first-order chi connectivity index (χ1) is 9.15. The number of likely N-dealkylation sites (tertiary alicyclic amines) is 1. The number of nitrogens with two attached hydrogens (primary N) is 1. The summed E-state index contributed by atoms with van der Waals surface area (Å²) in [7, 11) is 0. The number of hydrogen-bond acceptors (Lipinski definition) is 3. The van der Waals surface area contributed by atoms with Crippen molar-refractivity contribution in [3.05, 3.63) is 29.6 Å². The van der Waals surface area contributed by atoms with Crippen LogP contribution in [0.1, 0.15) is 36.0 Å². The maximum Gasteiger partial charge on any atom is 0.260 e. The zero-order valence-corrected chi connectivity index (χ0v) is 10.8. The van der Waals surface area contributed by atoms with Crippen LogP contribution in [0.3, 0.4) is 0 Å². The van der Waals surface area contributed by atoms with Crippen molar-refractivity contribution in [2.45, 2.75) is 31.7 Å². The van der Waals surface area contributed by atoms with E-state index in [9.17, 15) is 14.3 Å². The highest BCUT2D eigenvalue weighted by atomic mass is 19.1. The predicted octanol–water partition coefficient (Wildman–Crippen LogP) is 1.87. The molecule has 1 unspecified atom stereocenters. The SMILES string of the molecule is NCC1CCCCCN1C(=O)c1c(O)cccc1F. The highest BCUT2D eigenvalue weighted by molar-refractivity contribution is 5.97. The number of nitrogens with zero attached hydrogens (tertiary/aromatic N) is 1. The van der Waals surface area contributed by atoms with Gasteiger partial charge < -0.3 is 15.7 Å². The van der Waals surface area contributed by atoms with E-state index in [-0.39, 0.29) is 17.4 Å². The lowest BCUT2D eigenvalue weighted by Crippen LogP contribution is -2.44. The topological polar surface area (TPSA) is 66.6 Å². The number of hydrogen-bond donors (Lipinski definition) is 2. The van der Waals surface area contributed by atoms with Crippen LogP contribution in [-0.4, -0.2) is 35.0 Å². The number of benzene rings is 1. The fourth-order valence-electron chi connectivity index (χ4n) is 2.56. The fourth-order valence-corrected chi connectivity index (χ4v) is 2.56. The number of halogens is 1. The molecule has 1 saturated heterocycles. The lowest BCUT2D eigenvalue weighted by Gasteiger charge is -2.29. The fraction of sp³-hybridized carbons (Fsp3) is 0.500. The lowest BCUT2D eigenvalue weighted by molar-refractivity contribution is 0.0681. The molecule has 4 nitrogen and oxygen atoms in total. The minimum absolute atomic E-state index is 0.0750. The van der Waals surface area contributed by atoms with Crippen LogP contribution in [0.5, 0.6) is 5.75 Å². The summed E-state index contributed by atoms with van der Waals surface area (Å²) in [5, 5.41) is 9.70. The molecule has 19 heavy (non-hydrogen) atoms. The normalized spacial score (nSPS) is 20.1. The second kappa shape index (κ2) is 6.02. The summed E-state index contributed by atoms with van der Waals surface area (Å²) in [5.74, 6) is -1.47. The Morgan fingerprint density at radius 1 is 1.42 bits per heavy atom. The van der Waals surface area contributed by atoms with Crippen molar-refractivity contribution in [1.29, 1.82) is 0 Å². The maximum absolute atomic E-state index is 13.7. The Morgan fingerprint density at radius 2 is 2.21 bits per heavy atom. The van der Waals surface area contributed by atoms with Crippen LogP contribution < -0.4 is 5.73 Å². The molecule has 1 fully saturated rings. The molecule has 5 heteroatoms. The second-order valence-electron chi connectivity index (χ2n) is 4.87. The third kappa shape index (κ3) is 2.87. The highest BCUT2D eigenvalue weighted by Gasteiger charge is 2.28. The molecule has 0 aromatic heterocycles. The van der Waals surface area contributed by atoms with Gasteiger partial charge >= 0.3 is 0 Å². The van der Waals surface area contributed by atoms with Gasteiger partial charge in [0.25, 0.3) is 5.91 Å². The Balaban J connectivity index is 2.30. The van der Waals surface area contributed by atoms with Crippen LogP contribution in [0.4, 0.5) is 4.39 Å². The van der Waals surface area contributed by atoms with E-state index in [1.165, 1.54) is 18.2 Å². The molecule has 1 heterocycles. The summed E-state index contributed by atoms with van der Waals surface area (Å²) >= 11 is 0. The number of amides is 1. The van der Waals surface area contributed by atoms with Gasteiger partial charge in [-0.15, -0.1) is 0 Å². The standard InChI is InChI=1S/C14H19FN2O2/c15-11-6-4-7-12(18)13(11)14(19)17-8-3-1-2-5-10(17)9-16/h4,6-7,10,18H,1-3,5,8-9,16H2. The van der Waals surface area contributed by atoms with Crippen LogP contribution in [0.15, 0.2) is 18.2 Å². The molecule has 0 radical (unpaired) electrons. The van der Waals surface area contributed by atoms with Gasteiger partial charge in [0, 0.05) is 19.1 Å². The molecule has 1 amide bonds. The second-order valence-corrected chi connectivity index (χ2v) is 4.87. The van der Waals surface area contributed by atoms with Gasteiger partial charge in [-0.3, -0.25) is 4.79 Å².